The van der Waals surface area contributed by atoms with Gasteiger partial charge in [-0.05, 0) is 29.3 Å². The third-order valence-electron chi connectivity index (χ3n) is 6.11. The lowest BCUT2D eigenvalue weighted by molar-refractivity contribution is 0.0342. The van der Waals surface area contributed by atoms with Gasteiger partial charge >= 0.3 is 11.7 Å². The third-order valence-corrected chi connectivity index (χ3v) is 7.13. The van der Waals surface area contributed by atoms with E-state index in [4.69, 9.17) is 13.9 Å². The number of hydrogen-bond acceptors (Lipinski definition) is 8. The zero-order chi connectivity index (χ0) is 27.4. The van der Waals surface area contributed by atoms with E-state index >= 15 is 4.39 Å². The molecule has 2 aromatic carbocycles. The van der Waals surface area contributed by atoms with Gasteiger partial charge in [-0.2, -0.15) is 8.42 Å². The molecule has 0 bridgehead atoms. The molecule has 1 aliphatic rings. The maximum absolute atomic E-state index is 15.3. The van der Waals surface area contributed by atoms with Gasteiger partial charge in [-0.3, -0.25) is 9.62 Å². The van der Waals surface area contributed by atoms with Crippen molar-refractivity contribution >= 4 is 33.0 Å². The highest BCUT2D eigenvalue weighted by atomic mass is 32.2. The Morgan fingerprint density at radius 3 is 2.58 bits per heavy atom. The minimum Gasteiger partial charge on any atom is -0.422 e. The molecule has 0 saturated carbocycles. The van der Waals surface area contributed by atoms with E-state index in [-0.39, 0.29) is 34.6 Å². The number of rotatable bonds is 8. The first kappa shape index (κ1) is 27.5. The fourth-order valence-electron chi connectivity index (χ4n) is 4.06. The van der Waals surface area contributed by atoms with Crippen LogP contribution in [0.5, 0.6) is 5.75 Å². The molecule has 38 heavy (non-hydrogen) atoms. The van der Waals surface area contributed by atoms with Crippen molar-refractivity contribution in [2.24, 2.45) is 0 Å². The highest BCUT2D eigenvalue weighted by Gasteiger charge is 2.22. The summed E-state index contributed by atoms with van der Waals surface area (Å²) in [6, 6.07) is 9.05. The number of amides is 1. The second-order valence-electron chi connectivity index (χ2n) is 8.92. The summed E-state index contributed by atoms with van der Waals surface area (Å²) in [6.45, 7) is 2.76. The fraction of sp³-hybridized carbons (Fsp3) is 0.360. The molecule has 1 aliphatic heterocycles. The zero-order valence-electron chi connectivity index (χ0n) is 21.2. The lowest BCUT2D eigenvalue weighted by Crippen LogP contribution is -2.36. The summed E-state index contributed by atoms with van der Waals surface area (Å²) in [5, 5.41) is 0.614. The second-order valence-corrected chi connectivity index (χ2v) is 10.5. The van der Waals surface area contributed by atoms with Crippen molar-refractivity contribution in [2.75, 3.05) is 52.2 Å². The molecule has 1 fully saturated rings. The molecule has 1 saturated heterocycles. The van der Waals surface area contributed by atoms with Gasteiger partial charge in [0.15, 0.2) is 5.82 Å². The number of morpholine rings is 1. The van der Waals surface area contributed by atoms with E-state index in [1.54, 1.807) is 26.2 Å². The first-order chi connectivity index (χ1) is 18.1. The van der Waals surface area contributed by atoms with Gasteiger partial charge in [-0.15, -0.1) is 0 Å². The average molecular weight is 549 g/mol. The highest BCUT2D eigenvalue weighted by Crippen LogP contribution is 2.29. The van der Waals surface area contributed by atoms with Crippen LogP contribution >= 0.6 is 0 Å². The topological polar surface area (TPSA) is 130 Å². The van der Waals surface area contributed by atoms with Crippen molar-refractivity contribution < 1.29 is 31.5 Å². The molecule has 13 heteroatoms. The molecule has 0 radical (unpaired) electrons. The summed E-state index contributed by atoms with van der Waals surface area (Å²) in [4.78, 5) is 28.6. The molecule has 0 atom stereocenters. The predicted molar refractivity (Wildman–Crippen MR) is 139 cm³/mol. The van der Waals surface area contributed by atoms with Crippen LogP contribution < -0.4 is 19.8 Å². The maximum atomic E-state index is 15.3. The number of ether oxygens (including phenoxy) is 2. The smallest absolute Gasteiger partial charge is 0.414 e. The van der Waals surface area contributed by atoms with Crippen LogP contribution in [0.1, 0.15) is 16.7 Å². The summed E-state index contributed by atoms with van der Waals surface area (Å²) in [5.74, 6) is -0.589. The number of fused-ring (bicyclic) bond motifs is 1. The summed E-state index contributed by atoms with van der Waals surface area (Å²) in [7, 11) is 0.358. The molecular weight excluding hydrogens is 519 g/mol. The van der Waals surface area contributed by atoms with Crippen molar-refractivity contribution in [1.29, 1.82) is 0 Å². The van der Waals surface area contributed by atoms with Gasteiger partial charge in [0, 0.05) is 64.2 Å². The first-order valence-corrected chi connectivity index (χ1v) is 13.3. The molecule has 0 unspecified atom stereocenters. The van der Waals surface area contributed by atoms with E-state index < -0.39 is 27.7 Å². The number of hydrogen-bond donors (Lipinski definition) is 2. The number of nitrogens with one attached hydrogen (secondary N) is 2. The minimum absolute atomic E-state index is 0.118. The monoisotopic (exact) mass is 548 g/mol. The van der Waals surface area contributed by atoms with Gasteiger partial charge in [0.05, 0.1) is 18.9 Å². The molecular formula is C25H29FN4O7S. The van der Waals surface area contributed by atoms with Crippen LogP contribution in [0.4, 0.5) is 14.9 Å². The van der Waals surface area contributed by atoms with Gasteiger partial charge in [-0.25, -0.2) is 18.7 Å². The Labute approximate surface area is 219 Å². The first-order valence-electron chi connectivity index (χ1n) is 11.8. The summed E-state index contributed by atoms with van der Waals surface area (Å²) >= 11 is 0. The van der Waals surface area contributed by atoms with Crippen LogP contribution in [0.25, 0.3) is 11.0 Å². The molecule has 2 heterocycles. The van der Waals surface area contributed by atoms with Crippen LogP contribution in [0, 0.1) is 5.82 Å². The molecule has 11 nitrogen and oxygen atoms in total. The lowest BCUT2D eigenvalue weighted by atomic mass is 9.97. The number of halogens is 1. The van der Waals surface area contributed by atoms with E-state index in [2.05, 4.69) is 14.3 Å². The van der Waals surface area contributed by atoms with Crippen LogP contribution in [-0.4, -0.2) is 71.8 Å². The average Bonchev–Trinajstić information content (AvgIpc) is 2.88. The van der Waals surface area contributed by atoms with E-state index in [0.717, 1.165) is 0 Å². The van der Waals surface area contributed by atoms with Crippen molar-refractivity contribution in [1.82, 2.24) is 14.5 Å². The van der Waals surface area contributed by atoms with E-state index in [0.29, 0.717) is 43.8 Å². The summed E-state index contributed by atoms with van der Waals surface area (Å²) in [5.41, 5.74) is 0.315. The molecule has 0 spiro atoms. The molecule has 3 aromatic rings. The van der Waals surface area contributed by atoms with E-state index in [1.165, 1.54) is 36.2 Å². The Morgan fingerprint density at radius 2 is 1.89 bits per heavy atom. The van der Waals surface area contributed by atoms with Crippen molar-refractivity contribution in [2.45, 2.75) is 13.0 Å². The van der Waals surface area contributed by atoms with Crippen LogP contribution in [0.3, 0.4) is 0 Å². The van der Waals surface area contributed by atoms with E-state index in [1.807, 2.05) is 0 Å². The minimum atomic E-state index is -3.94. The maximum Gasteiger partial charge on any atom is 0.414 e. The molecule has 0 aliphatic carbocycles. The van der Waals surface area contributed by atoms with Gasteiger partial charge in [0.1, 0.15) is 11.3 Å². The molecule has 1 aromatic heterocycles. The normalized spacial score (nSPS) is 14.4. The van der Waals surface area contributed by atoms with Crippen LogP contribution in [-0.2, 0) is 27.9 Å². The Bertz CT molecular complexity index is 1500. The van der Waals surface area contributed by atoms with Gasteiger partial charge < -0.3 is 18.8 Å². The molecule has 1 amide bonds. The Morgan fingerprint density at radius 1 is 1.16 bits per heavy atom. The third kappa shape index (κ3) is 6.30. The zero-order valence-corrected chi connectivity index (χ0v) is 22.1. The van der Waals surface area contributed by atoms with Crippen LogP contribution in [0.15, 0.2) is 45.6 Å². The van der Waals surface area contributed by atoms with Crippen molar-refractivity contribution in [3.8, 4) is 5.75 Å². The standard InChI is InChI=1S/C25H29FN4O7S/c1-27-38(33,34)28-21-6-4-5-16(23(21)26)13-19-20(15-30-9-11-35-12-10-30)18-8-7-17(36-25(32)29(2)3)14-22(18)37-24(19)31/h4-8,14,27-28H,9-13,15H2,1-3H3. The Hall–Kier alpha value is -3.52. The lowest BCUT2D eigenvalue weighted by Gasteiger charge is -2.27. The second kappa shape index (κ2) is 11.5. The fourth-order valence-corrected chi connectivity index (χ4v) is 4.61. The molecule has 204 valence electrons. The SMILES string of the molecule is CNS(=O)(=O)Nc1cccc(Cc2c(CN3CCOCC3)c3ccc(OC(=O)N(C)C)cc3oc2=O)c1F. The van der Waals surface area contributed by atoms with Crippen LogP contribution in [0.2, 0.25) is 0 Å². The Kier molecular flexibility index (Phi) is 8.31. The number of carbonyl (C=O) groups excluding carboxylic acids is 1. The number of nitrogens with zero attached hydrogens (tertiary/aromatic N) is 2. The number of carbonyl (C=O) groups is 1. The van der Waals surface area contributed by atoms with Crippen molar-refractivity contribution in [3.63, 3.8) is 0 Å². The van der Waals surface area contributed by atoms with Gasteiger partial charge in [-0.1, -0.05) is 12.1 Å². The molecule has 4 rings (SSSR count). The highest BCUT2D eigenvalue weighted by molar-refractivity contribution is 7.90. The number of benzene rings is 2. The molecule has 2 N–H and O–H groups in total. The Balaban J connectivity index is 1.78. The van der Waals surface area contributed by atoms with E-state index in [9.17, 15) is 18.0 Å². The van der Waals surface area contributed by atoms with Gasteiger partial charge in [0.2, 0.25) is 0 Å². The quantitative estimate of drug-likeness (QED) is 0.410. The van der Waals surface area contributed by atoms with Gasteiger partial charge in [0.25, 0.3) is 10.2 Å². The predicted octanol–water partition coefficient (Wildman–Crippen LogP) is 2.29. The van der Waals surface area contributed by atoms with Crippen molar-refractivity contribution in [3.05, 3.63) is 69.3 Å². The number of anilines is 1. The summed E-state index contributed by atoms with van der Waals surface area (Å²) < 4.78 is 59.7. The summed E-state index contributed by atoms with van der Waals surface area (Å²) in [6.07, 6.45) is -0.711. The largest absolute Gasteiger partial charge is 0.422 e.